The Morgan fingerprint density at radius 3 is 2.71 bits per heavy atom. The summed E-state index contributed by atoms with van der Waals surface area (Å²) in [4.78, 5) is 0.810. The van der Waals surface area contributed by atoms with Gasteiger partial charge in [0.15, 0.2) is 0 Å². The highest BCUT2D eigenvalue weighted by Gasteiger charge is 2.08. The van der Waals surface area contributed by atoms with Gasteiger partial charge in [0.2, 0.25) is 0 Å². The van der Waals surface area contributed by atoms with E-state index in [1.165, 1.54) is 26.4 Å². The molecule has 4 heteroatoms. The van der Waals surface area contributed by atoms with Crippen LogP contribution in [0.5, 0.6) is 0 Å². The Morgan fingerprint density at radius 1 is 1.00 bits per heavy atom. The zero-order valence-electron chi connectivity index (χ0n) is 12.8. The topological polar surface area (TPSA) is 12.0 Å². The molecular weight excluding hydrogens is 354 g/mol. The van der Waals surface area contributed by atoms with Crippen LogP contribution >= 0.6 is 35.2 Å². The summed E-state index contributed by atoms with van der Waals surface area (Å²) in [7, 11) is 0. The molecule has 4 aromatic rings. The first-order chi connectivity index (χ1) is 11.7. The smallest absolute Gasteiger partial charge is 0.0842 e. The molecule has 3 aromatic carbocycles. The minimum absolute atomic E-state index is 0.711. The highest BCUT2D eigenvalue weighted by molar-refractivity contribution is 7.80. The zero-order valence-corrected chi connectivity index (χ0v) is 15.1. The van der Waals surface area contributed by atoms with Crippen molar-refractivity contribution >= 4 is 66.7 Å². The van der Waals surface area contributed by atoms with Gasteiger partial charge in [-0.3, -0.25) is 0 Å². The first kappa shape index (κ1) is 15.6. The highest BCUT2D eigenvalue weighted by Crippen LogP contribution is 2.29. The zero-order chi connectivity index (χ0) is 16.5. The van der Waals surface area contributed by atoms with E-state index in [-0.39, 0.29) is 0 Å². The third kappa shape index (κ3) is 3.16. The molecule has 0 saturated heterocycles. The van der Waals surface area contributed by atoms with Gasteiger partial charge in [-0.25, -0.2) is 0 Å². The number of hydrogen-bond donors (Lipinski definition) is 1. The average Bonchev–Trinajstić information content (AvgIpc) is 2.97. The maximum atomic E-state index is 6.13. The van der Waals surface area contributed by atoms with Crippen LogP contribution < -0.4 is 5.32 Å². The summed E-state index contributed by atoms with van der Waals surface area (Å²) in [6.07, 6.45) is 0.711. The summed E-state index contributed by atoms with van der Waals surface area (Å²) in [6.45, 7) is 0. The van der Waals surface area contributed by atoms with E-state index in [9.17, 15) is 0 Å². The molecule has 0 unspecified atom stereocenters. The van der Waals surface area contributed by atoms with Gasteiger partial charge in [0.05, 0.1) is 4.99 Å². The Bertz CT molecular complexity index is 1050. The molecule has 4 rings (SSSR count). The number of nitrogens with one attached hydrogen (secondary N) is 1. The van der Waals surface area contributed by atoms with E-state index in [1.54, 1.807) is 11.3 Å². The average molecular weight is 368 g/mol. The molecule has 0 aliphatic rings. The molecule has 0 bridgehead atoms. The number of rotatable bonds is 3. The van der Waals surface area contributed by atoms with Crippen molar-refractivity contribution in [3.05, 3.63) is 76.6 Å². The van der Waals surface area contributed by atoms with Crippen molar-refractivity contribution in [1.82, 2.24) is 0 Å². The van der Waals surface area contributed by atoms with Gasteiger partial charge in [-0.15, -0.1) is 11.3 Å². The second-order valence-electron chi connectivity index (χ2n) is 5.69. The van der Waals surface area contributed by atoms with Crippen molar-refractivity contribution in [3.63, 3.8) is 0 Å². The summed E-state index contributed by atoms with van der Waals surface area (Å²) in [5.41, 5.74) is 2.24. The van der Waals surface area contributed by atoms with Crippen LogP contribution in [0.15, 0.2) is 66.0 Å². The van der Waals surface area contributed by atoms with Gasteiger partial charge in [-0.2, -0.15) is 0 Å². The van der Waals surface area contributed by atoms with Crippen LogP contribution in [0, 0.1) is 0 Å². The first-order valence-electron chi connectivity index (χ1n) is 7.63. The molecular formula is C20H14ClNS2. The molecule has 0 aliphatic heterocycles. The van der Waals surface area contributed by atoms with Crippen LogP contribution in [0.2, 0.25) is 5.02 Å². The van der Waals surface area contributed by atoms with E-state index < -0.39 is 0 Å². The summed E-state index contributed by atoms with van der Waals surface area (Å²) in [5, 5.41) is 9.90. The molecule has 1 heterocycles. The summed E-state index contributed by atoms with van der Waals surface area (Å²) >= 11 is 13.4. The Hall–Kier alpha value is -1.94. The molecule has 0 radical (unpaired) electrons. The Balaban J connectivity index is 1.55. The van der Waals surface area contributed by atoms with E-state index >= 15 is 0 Å². The van der Waals surface area contributed by atoms with Gasteiger partial charge in [0.25, 0.3) is 0 Å². The van der Waals surface area contributed by atoms with Gasteiger partial charge in [-0.05, 0) is 57.4 Å². The molecule has 1 nitrogen and oxygen atoms in total. The number of hydrogen-bond acceptors (Lipinski definition) is 2. The number of halogens is 1. The van der Waals surface area contributed by atoms with Crippen LogP contribution in [0.3, 0.4) is 0 Å². The molecule has 0 spiro atoms. The van der Waals surface area contributed by atoms with Crippen molar-refractivity contribution in [2.75, 3.05) is 5.32 Å². The number of fused-ring (bicyclic) bond motifs is 2. The minimum Gasteiger partial charge on any atom is -0.350 e. The molecule has 0 fully saturated rings. The predicted molar refractivity (Wildman–Crippen MR) is 111 cm³/mol. The van der Waals surface area contributed by atoms with Gasteiger partial charge in [0, 0.05) is 21.8 Å². The van der Waals surface area contributed by atoms with Crippen molar-refractivity contribution in [2.24, 2.45) is 0 Å². The van der Waals surface area contributed by atoms with Gasteiger partial charge >= 0.3 is 0 Å². The Labute approximate surface area is 154 Å². The molecule has 1 N–H and O–H groups in total. The third-order valence-electron chi connectivity index (χ3n) is 4.00. The largest absolute Gasteiger partial charge is 0.350 e. The fourth-order valence-corrected chi connectivity index (χ4v) is 4.22. The molecule has 0 aliphatic carbocycles. The lowest BCUT2D eigenvalue weighted by Gasteiger charge is -2.09. The molecule has 0 saturated carbocycles. The maximum Gasteiger partial charge on any atom is 0.0842 e. The fraction of sp³-hybridized carbons (Fsp3) is 0.0500. The van der Waals surface area contributed by atoms with Gasteiger partial charge < -0.3 is 5.32 Å². The monoisotopic (exact) mass is 367 g/mol. The van der Waals surface area contributed by atoms with E-state index in [0.29, 0.717) is 6.42 Å². The lowest BCUT2D eigenvalue weighted by molar-refractivity contribution is 1.41. The molecule has 0 amide bonds. The van der Waals surface area contributed by atoms with E-state index in [2.05, 4.69) is 47.1 Å². The fourth-order valence-electron chi connectivity index (χ4n) is 2.84. The molecule has 24 heavy (non-hydrogen) atoms. The molecule has 118 valence electrons. The summed E-state index contributed by atoms with van der Waals surface area (Å²) < 4.78 is 1.24. The predicted octanol–water partition coefficient (Wildman–Crippen LogP) is 6.69. The van der Waals surface area contributed by atoms with Crippen LogP contribution in [-0.4, -0.2) is 4.99 Å². The lowest BCUT2D eigenvalue weighted by atomic mass is 10.1. The second-order valence-corrected chi connectivity index (χ2v) is 7.53. The summed E-state index contributed by atoms with van der Waals surface area (Å²) in [5.74, 6) is 0. The standard InChI is InChI=1S/C20H14ClNS2/c21-16-6-8-19-18(11-16)15(12-24-19)10-20(23)22-17-7-5-13-3-1-2-4-14(13)9-17/h1-9,11-12H,10H2,(H,22,23). The SMILES string of the molecule is S=C(Cc1csc2ccc(Cl)cc12)Nc1ccc2ccccc2c1. The van der Waals surface area contributed by atoms with Gasteiger partial charge in [0.1, 0.15) is 0 Å². The third-order valence-corrected chi connectivity index (χ3v) is 5.49. The molecule has 0 atom stereocenters. The minimum atomic E-state index is 0.711. The number of thiophene rings is 1. The van der Waals surface area contributed by atoms with Crippen molar-refractivity contribution in [3.8, 4) is 0 Å². The first-order valence-corrected chi connectivity index (χ1v) is 9.30. The highest BCUT2D eigenvalue weighted by atomic mass is 35.5. The van der Waals surface area contributed by atoms with Crippen LogP contribution in [0.4, 0.5) is 5.69 Å². The number of anilines is 1. The number of thiocarbonyl (C=S) groups is 1. The van der Waals surface area contributed by atoms with E-state index in [0.717, 1.165) is 15.7 Å². The van der Waals surface area contributed by atoms with Crippen molar-refractivity contribution in [1.29, 1.82) is 0 Å². The maximum absolute atomic E-state index is 6.13. The number of benzene rings is 3. The normalized spacial score (nSPS) is 11.0. The quantitative estimate of drug-likeness (QED) is 0.405. The Morgan fingerprint density at radius 2 is 1.83 bits per heavy atom. The van der Waals surface area contributed by atoms with E-state index in [1.807, 2.05) is 24.3 Å². The Kier molecular flexibility index (Phi) is 4.23. The van der Waals surface area contributed by atoms with Crippen molar-refractivity contribution < 1.29 is 0 Å². The molecule has 1 aromatic heterocycles. The van der Waals surface area contributed by atoms with Crippen LogP contribution in [0.1, 0.15) is 5.56 Å². The van der Waals surface area contributed by atoms with E-state index in [4.69, 9.17) is 23.8 Å². The van der Waals surface area contributed by atoms with Crippen molar-refractivity contribution in [2.45, 2.75) is 6.42 Å². The van der Waals surface area contributed by atoms with Crippen LogP contribution in [0.25, 0.3) is 20.9 Å². The van der Waals surface area contributed by atoms with Crippen LogP contribution in [-0.2, 0) is 6.42 Å². The summed E-state index contributed by atoms with van der Waals surface area (Å²) in [6, 6.07) is 20.6. The van der Waals surface area contributed by atoms with Gasteiger partial charge in [-0.1, -0.05) is 54.2 Å². The second kappa shape index (κ2) is 6.52. The lowest BCUT2D eigenvalue weighted by Crippen LogP contribution is -2.11.